The maximum Gasteiger partial charge on any atom is 0.00226 e. The lowest BCUT2D eigenvalue weighted by Gasteiger charge is -2.27. The summed E-state index contributed by atoms with van der Waals surface area (Å²) in [4.78, 5) is 2.49. The smallest absolute Gasteiger partial charge is 0.00226 e. The molecular weight excluding hydrogens is 184 g/mol. The Hall–Kier alpha value is -0.0800. The van der Waals surface area contributed by atoms with Crippen molar-refractivity contribution in [1.82, 2.24) is 4.90 Å². The van der Waals surface area contributed by atoms with Crippen molar-refractivity contribution in [3.63, 3.8) is 0 Å². The van der Waals surface area contributed by atoms with Gasteiger partial charge in [-0.25, -0.2) is 0 Å². The SMILES string of the molecule is CC(N)CCN(C)CC1CC2CCC1C2. The Morgan fingerprint density at radius 2 is 2.13 bits per heavy atom. The molecule has 0 aliphatic heterocycles. The van der Waals surface area contributed by atoms with Gasteiger partial charge in [-0.1, -0.05) is 6.42 Å². The molecule has 0 amide bonds. The molecule has 88 valence electrons. The number of nitrogens with zero attached hydrogens (tertiary/aromatic N) is 1. The lowest BCUT2D eigenvalue weighted by atomic mass is 9.88. The first kappa shape index (κ1) is 11.4. The molecule has 2 fully saturated rings. The van der Waals surface area contributed by atoms with E-state index in [1.54, 1.807) is 0 Å². The number of hydrogen-bond donors (Lipinski definition) is 1. The largest absolute Gasteiger partial charge is 0.328 e. The summed E-state index contributed by atoms with van der Waals surface area (Å²) >= 11 is 0. The fraction of sp³-hybridized carbons (Fsp3) is 1.00. The summed E-state index contributed by atoms with van der Waals surface area (Å²) in [6.07, 6.45) is 7.21. The van der Waals surface area contributed by atoms with Gasteiger partial charge in [0.2, 0.25) is 0 Å². The van der Waals surface area contributed by atoms with Gasteiger partial charge >= 0.3 is 0 Å². The Labute approximate surface area is 94.2 Å². The Kier molecular flexibility index (Phi) is 3.68. The van der Waals surface area contributed by atoms with Gasteiger partial charge in [0.15, 0.2) is 0 Å². The predicted octanol–water partition coefficient (Wildman–Crippen LogP) is 2.09. The molecule has 2 saturated carbocycles. The van der Waals surface area contributed by atoms with Crippen molar-refractivity contribution in [2.75, 3.05) is 20.1 Å². The summed E-state index contributed by atoms with van der Waals surface area (Å²) in [6, 6.07) is 0.354. The van der Waals surface area contributed by atoms with E-state index in [9.17, 15) is 0 Å². The highest BCUT2D eigenvalue weighted by Gasteiger charge is 2.39. The first-order valence-electron chi connectivity index (χ1n) is 6.59. The van der Waals surface area contributed by atoms with Gasteiger partial charge in [0.1, 0.15) is 0 Å². The van der Waals surface area contributed by atoms with Gasteiger partial charge in [0, 0.05) is 12.6 Å². The maximum atomic E-state index is 5.78. The van der Waals surface area contributed by atoms with Crippen LogP contribution in [0.4, 0.5) is 0 Å². The topological polar surface area (TPSA) is 29.3 Å². The molecular formula is C13H26N2. The fourth-order valence-corrected chi connectivity index (χ4v) is 3.52. The van der Waals surface area contributed by atoms with Crippen molar-refractivity contribution in [2.24, 2.45) is 23.5 Å². The molecule has 0 radical (unpaired) electrons. The highest BCUT2D eigenvalue weighted by molar-refractivity contribution is 4.90. The molecule has 0 heterocycles. The molecule has 2 nitrogen and oxygen atoms in total. The van der Waals surface area contributed by atoms with Gasteiger partial charge in [-0.15, -0.1) is 0 Å². The van der Waals surface area contributed by atoms with Crippen LogP contribution in [0.2, 0.25) is 0 Å². The second-order valence-electron chi connectivity index (χ2n) is 5.96. The third-order valence-electron chi connectivity index (χ3n) is 4.40. The van der Waals surface area contributed by atoms with Crippen molar-refractivity contribution in [2.45, 2.75) is 45.1 Å². The molecule has 0 spiro atoms. The van der Waals surface area contributed by atoms with E-state index in [1.807, 2.05) is 0 Å². The van der Waals surface area contributed by atoms with Crippen LogP contribution in [0.25, 0.3) is 0 Å². The molecule has 4 unspecified atom stereocenters. The second-order valence-corrected chi connectivity index (χ2v) is 5.96. The third kappa shape index (κ3) is 2.94. The van der Waals surface area contributed by atoms with Gasteiger partial charge in [-0.3, -0.25) is 0 Å². The zero-order chi connectivity index (χ0) is 10.8. The summed E-state index contributed by atoms with van der Waals surface area (Å²) < 4.78 is 0. The van der Waals surface area contributed by atoms with E-state index in [0.717, 1.165) is 24.2 Å². The maximum absolute atomic E-state index is 5.78. The Bertz CT molecular complexity index is 203. The number of hydrogen-bond acceptors (Lipinski definition) is 2. The predicted molar refractivity (Wildman–Crippen MR) is 64.7 cm³/mol. The van der Waals surface area contributed by atoms with E-state index >= 15 is 0 Å². The highest BCUT2D eigenvalue weighted by atomic mass is 15.1. The minimum atomic E-state index is 0.354. The molecule has 2 aliphatic carbocycles. The van der Waals surface area contributed by atoms with Crippen LogP contribution in [0.1, 0.15) is 39.0 Å². The van der Waals surface area contributed by atoms with Crippen LogP contribution >= 0.6 is 0 Å². The normalized spacial score (nSPS) is 36.4. The van der Waals surface area contributed by atoms with Crippen molar-refractivity contribution < 1.29 is 0 Å². The Morgan fingerprint density at radius 1 is 1.33 bits per heavy atom. The quantitative estimate of drug-likeness (QED) is 0.753. The van der Waals surface area contributed by atoms with E-state index in [0.29, 0.717) is 6.04 Å². The fourth-order valence-electron chi connectivity index (χ4n) is 3.52. The molecule has 0 aromatic rings. The lowest BCUT2D eigenvalue weighted by Crippen LogP contribution is -2.32. The number of fused-ring (bicyclic) bond motifs is 2. The summed E-state index contributed by atoms with van der Waals surface area (Å²) in [5, 5.41) is 0. The molecule has 2 N–H and O–H groups in total. The zero-order valence-corrected chi connectivity index (χ0v) is 10.3. The standard InChI is InChI=1S/C13H26N2/c1-10(14)5-6-15(2)9-13-8-11-3-4-12(13)7-11/h10-13H,3-9,14H2,1-2H3. The summed E-state index contributed by atoms with van der Waals surface area (Å²) in [5.41, 5.74) is 5.78. The van der Waals surface area contributed by atoms with Crippen LogP contribution in [0.3, 0.4) is 0 Å². The Morgan fingerprint density at radius 3 is 2.67 bits per heavy atom. The van der Waals surface area contributed by atoms with E-state index in [1.165, 1.54) is 38.8 Å². The highest BCUT2D eigenvalue weighted by Crippen LogP contribution is 2.48. The van der Waals surface area contributed by atoms with Crippen molar-refractivity contribution in [1.29, 1.82) is 0 Å². The monoisotopic (exact) mass is 210 g/mol. The second kappa shape index (κ2) is 4.84. The van der Waals surface area contributed by atoms with Crippen molar-refractivity contribution in [3.8, 4) is 0 Å². The average molecular weight is 210 g/mol. The zero-order valence-electron chi connectivity index (χ0n) is 10.3. The third-order valence-corrected chi connectivity index (χ3v) is 4.40. The molecule has 2 rings (SSSR count). The van der Waals surface area contributed by atoms with Crippen LogP contribution in [0.5, 0.6) is 0 Å². The van der Waals surface area contributed by atoms with Gasteiger partial charge in [-0.05, 0) is 64.0 Å². The average Bonchev–Trinajstić information content (AvgIpc) is 2.76. The van der Waals surface area contributed by atoms with Crippen LogP contribution in [0, 0.1) is 17.8 Å². The van der Waals surface area contributed by atoms with Crippen LogP contribution in [-0.4, -0.2) is 31.1 Å². The first-order valence-corrected chi connectivity index (χ1v) is 6.59. The molecule has 2 bridgehead atoms. The molecule has 0 aromatic heterocycles. The molecule has 2 heteroatoms. The molecule has 0 aromatic carbocycles. The molecule has 0 saturated heterocycles. The molecule has 2 aliphatic rings. The van der Waals surface area contributed by atoms with Gasteiger partial charge in [0.25, 0.3) is 0 Å². The van der Waals surface area contributed by atoms with Crippen molar-refractivity contribution >= 4 is 0 Å². The van der Waals surface area contributed by atoms with Gasteiger partial charge in [0.05, 0.1) is 0 Å². The number of rotatable bonds is 5. The molecule has 4 atom stereocenters. The van der Waals surface area contributed by atoms with E-state index in [2.05, 4.69) is 18.9 Å². The van der Waals surface area contributed by atoms with Crippen LogP contribution < -0.4 is 5.73 Å². The first-order chi connectivity index (χ1) is 7.15. The number of nitrogens with two attached hydrogens (primary N) is 1. The minimum Gasteiger partial charge on any atom is -0.328 e. The van der Waals surface area contributed by atoms with Gasteiger partial charge in [-0.2, -0.15) is 0 Å². The van der Waals surface area contributed by atoms with E-state index in [-0.39, 0.29) is 0 Å². The molecule has 15 heavy (non-hydrogen) atoms. The van der Waals surface area contributed by atoms with Crippen LogP contribution in [-0.2, 0) is 0 Å². The van der Waals surface area contributed by atoms with Crippen molar-refractivity contribution in [3.05, 3.63) is 0 Å². The summed E-state index contributed by atoms with van der Waals surface area (Å²) in [5.74, 6) is 3.15. The van der Waals surface area contributed by atoms with E-state index in [4.69, 9.17) is 5.73 Å². The Balaban J connectivity index is 1.68. The van der Waals surface area contributed by atoms with Gasteiger partial charge < -0.3 is 10.6 Å². The summed E-state index contributed by atoms with van der Waals surface area (Å²) in [7, 11) is 2.26. The van der Waals surface area contributed by atoms with E-state index < -0.39 is 0 Å². The minimum absolute atomic E-state index is 0.354. The lowest BCUT2D eigenvalue weighted by molar-refractivity contribution is 0.216. The summed E-state index contributed by atoms with van der Waals surface area (Å²) in [6.45, 7) is 4.59. The van der Waals surface area contributed by atoms with Crippen LogP contribution in [0.15, 0.2) is 0 Å².